The molecule has 0 aromatic carbocycles. The molecular weight excluding hydrogens is 437 g/mol. The summed E-state index contributed by atoms with van der Waals surface area (Å²) in [6.07, 6.45) is 12.7. The first kappa shape index (κ1) is 25.0. The van der Waals surface area contributed by atoms with Gasteiger partial charge in [0, 0.05) is 0 Å². The van der Waals surface area contributed by atoms with Gasteiger partial charge in [0.2, 0.25) is 0 Å². The third kappa shape index (κ3) is 9.37. The van der Waals surface area contributed by atoms with Crippen LogP contribution < -0.4 is 0 Å². The Labute approximate surface area is 174 Å². The van der Waals surface area contributed by atoms with Gasteiger partial charge in [-0.3, -0.25) is 0 Å². The Morgan fingerprint density at radius 1 is 0.926 bits per heavy atom. The molecule has 3 heteroatoms. The molecule has 1 amide bonds. The van der Waals surface area contributed by atoms with Crippen molar-refractivity contribution in [3.8, 4) is 0 Å². The SMILES string of the molecule is CCC[CH2][Sn](/[CH]=C1/CCCCCN(CC(C)C)C1=O)([CH2]CCC)[CH2]CCC. The number of likely N-dealkylation sites (tertiary alicyclic amines) is 1. The molecule has 1 aliphatic heterocycles. The average molecular weight is 484 g/mol. The number of hydrogen-bond acceptors (Lipinski definition) is 1. The van der Waals surface area contributed by atoms with Crippen molar-refractivity contribution in [2.75, 3.05) is 13.1 Å². The first-order chi connectivity index (χ1) is 13.0. The van der Waals surface area contributed by atoms with E-state index in [1.807, 2.05) is 0 Å². The number of rotatable bonds is 12. The molecule has 1 fully saturated rings. The molecule has 1 heterocycles. The summed E-state index contributed by atoms with van der Waals surface area (Å²) in [6, 6.07) is 0. The van der Waals surface area contributed by atoms with E-state index in [2.05, 4.69) is 43.6 Å². The van der Waals surface area contributed by atoms with Gasteiger partial charge in [-0.05, 0) is 0 Å². The standard InChI is InChI=1S/C12H20NO.3C4H9.Sn/c1-10(2)9-13-8-6-4-5-7-11(3)12(13)14;3*1-3-4-2;/h3,10H,4-9H2,1-2H3;3*1,3-4H2,2H3;. The molecule has 0 atom stereocenters. The number of nitrogens with zero attached hydrogens (tertiary/aromatic N) is 1. The molecule has 0 radical (unpaired) electrons. The number of carbonyl (C=O) groups excluding carboxylic acids is 1. The number of amides is 1. The van der Waals surface area contributed by atoms with E-state index in [1.165, 1.54) is 76.7 Å². The fourth-order valence-electron chi connectivity index (χ4n) is 4.50. The maximum atomic E-state index is 13.4. The van der Waals surface area contributed by atoms with Crippen LogP contribution >= 0.6 is 0 Å². The summed E-state index contributed by atoms with van der Waals surface area (Å²) in [5.41, 5.74) is 1.23. The monoisotopic (exact) mass is 485 g/mol. The first-order valence-corrected chi connectivity index (χ1v) is 19.7. The van der Waals surface area contributed by atoms with Crippen LogP contribution in [0.15, 0.2) is 9.67 Å². The van der Waals surface area contributed by atoms with Crippen LogP contribution in [0.3, 0.4) is 0 Å². The van der Waals surface area contributed by atoms with Crippen molar-refractivity contribution in [1.82, 2.24) is 4.90 Å². The Hall–Kier alpha value is 0.00870. The van der Waals surface area contributed by atoms with E-state index in [0.29, 0.717) is 11.8 Å². The second kappa shape index (κ2) is 14.1. The number of carbonyl (C=O) groups is 1. The summed E-state index contributed by atoms with van der Waals surface area (Å²) in [6.45, 7) is 13.4. The van der Waals surface area contributed by atoms with Gasteiger partial charge in [0.1, 0.15) is 0 Å². The Balaban J connectivity index is 3.16. The molecule has 0 N–H and O–H groups in total. The predicted octanol–water partition coefficient (Wildman–Crippen LogP) is 7.36. The van der Waals surface area contributed by atoms with E-state index in [9.17, 15) is 4.79 Å². The minimum absolute atomic E-state index is 0.397. The van der Waals surface area contributed by atoms with Crippen molar-refractivity contribution in [3.63, 3.8) is 0 Å². The molecule has 1 saturated heterocycles. The van der Waals surface area contributed by atoms with Crippen LogP contribution in [0, 0.1) is 5.92 Å². The van der Waals surface area contributed by atoms with Gasteiger partial charge in [-0.25, -0.2) is 0 Å². The molecule has 27 heavy (non-hydrogen) atoms. The molecule has 158 valence electrons. The van der Waals surface area contributed by atoms with E-state index in [4.69, 9.17) is 0 Å². The van der Waals surface area contributed by atoms with Gasteiger partial charge < -0.3 is 0 Å². The molecular formula is C24H47NOSn. The molecule has 0 spiro atoms. The third-order valence-electron chi connectivity index (χ3n) is 6.09. The zero-order valence-corrected chi connectivity index (χ0v) is 22.0. The maximum absolute atomic E-state index is 13.4. The normalized spacial score (nSPS) is 18.2. The summed E-state index contributed by atoms with van der Waals surface area (Å²) >= 11 is -2.40. The second-order valence-electron chi connectivity index (χ2n) is 9.30. The molecule has 1 aliphatic rings. The van der Waals surface area contributed by atoms with Gasteiger partial charge in [-0.15, -0.1) is 0 Å². The van der Waals surface area contributed by atoms with Crippen LogP contribution in [0.1, 0.15) is 98.8 Å². The van der Waals surface area contributed by atoms with Gasteiger partial charge in [0.15, 0.2) is 0 Å². The van der Waals surface area contributed by atoms with Gasteiger partial charge in [-0.2, -0.15) is 0 Å². The predicted molar refractivity (Wildman–Crippen MR) is 123 cm³/mol. The van der Waals surface area contributed by atoms with Crippen molar-refractivity contribution < 1.29 is 4.79 Å². The molecule has 0 saturated carbocycles. The molecule has 0 aromatic heterocycles. The average Bonchev–Trinajstić information content (AvgIpc) is 2.64. The van der Waals surface area contributed by atoms with Crippen LogP contribution in [0.4, 0.5) is 0 Å². The molecule has 0 unspecified atom stereocenters. The summed E-state index contributed by atoms with van der Waals surface area (Å²) in [4.78, 5) is 15.6. The van der Waals surface area contributed by atoms with E-state index in [-0.39, 0.29) is 0 Å². The summed E-state index contributed by atoms with van der Waals surface area (Å²) < 4.78 is 7.10. The van der Waals surface area contributed by atoms with E-state index in [1.54, 1.807) is 0 Å². The molecule has 0 bridgehead atoms. The van der Waals surface area contributed by atoms with Gasteiger partial charge in [0.25, 0.3) is 0 Å². The zero-order valence-electron chi connectivity index (χ0n) is 19.1. The Kier molecular flexibility index (Phi) is 13.0. The topological polar surface area (TPSA) is 20.3 Å². The fraction of sp³-hybridized carbons (Fsp3) is 0.875. The van der Waals surface area contributed by atoms with Gasteiger partial charge in [-0.1, -0.05) is 0 Å². The van der Waals surface area contributed by atoms with Crippen LogP contribution in [-0.4, -0.2) is 42.3 Å². The van der Waals surface area contributed by atoms with Crippen molar-refractivity contribution in [2.45, 2.75) is 112 Å². The quantitative estimate of drug-likeness (QED) is 0.209. The van der Waals surface area contributed by atoms with E-state index in [0.717, 1.165) is 19.5 Å². The third-order valence-corrected chi connectivity index (χ3v) is 20.4. The van der Waals surface area contributed by atoms with Crippen molar-refractivity contribution in [1.29, 1.82) is 0 Å². The van der Waals surface area contributed by atoms with Crippen molar-refractivity contribution in [2.24, 2.45) is 5.92 Å². The zero-order chi connectivity index (χ0) is 20.1. The fourth-order valence-corrected chi connectivity index (χ4v) is 19.8. The number of unbranched alkanes of at least 4 members (excludes halogenated alkanes) is 3. The summed E-state index contributed by atoms with van der Waals surface area (Å²) in [5, 5.41) is 0. The summed E-state index contributed by atoms with van der Waals surface area (Å²) in [5.74, 6) is 0.956. The molecule has 2 nitrogen and oxygen atoms in total. The van der Waals surface area contributed by atoms with Crippen molar-refractivity contribution in [3.05, 3.63) is 9.67 Å². The Morgan fingerprint density at radius 3 is 1.96 bits per heavy atom. The Morgan fingerprint density at radius 2 is 1.48 bits per heavy atom. The van der Waals surface area contributed by atoms with E-state index >= 15 is 0 Å². The molecule has 1 rings (SSSR count). The van der Waals surface area contributed by atoms with Gasteiger partial charge in [0.05, 0.1) is 0 Å². The molecule has 0 aliphatic carbocycles. The van der Waals surface area contributed by atoms with Crippen LogP contribution in [-0.2, 0) is 4.79 Å². The van der Waals surface area contributed by atoms with Crippen LogP contribution in [0.2, 0.25) is 13.3 Å². The second-order valence-corrected chi connectivity index (χ2v) is 22.2. The summed E-state index contributed by atoms with van der Waals surface area (Å²) in [7, 11) is 0. The van der Waals surface area contributed by atoms with Crippen LogP contribution in [0.25, 0.3) is 0 Å². The van der Waals surface area contributed by atoms with E-state index < -0.39 is 18.4 Å². The van der Waals surface area contributed by atoms with Crippen molar-refractivity contribution >= 4 is 24.3 Å². The molecule has 0 aromatic rings. The Bertz CT molecular complexity index is 422. The minimum atomic E-state index is -2.40. The van der Waals surface area contributed by atoms with Crippen LogP contribution in [0.5, 0.6) is 0 Å². The van der Waals surface area contributed by atoms with Gasteiger partial charge >= 0.3 is 175 Å². The first-order valence-electron chi connectivity index (χ1n) is 12.0. The number of hydrogen-bond donors (Lipinski definition) is 0.